The van der Waals surface area contributed by atoms with Crippen molar-refractivity contribution in [2.24, 2.45) is 5.73 Å². The summed E-state index contributed by atoms with van der Waals surface area (Å²) in [5.74, 6) is 0. The van der Waals surface area contributed by atoms with E-state index in [0.29, 0.717) is 6.54 Å². The SMILES string of the molecule is [CH-]=C/C=C/CN.[Y]. The predicted octanol–water partition coefficient (Wildman–Crippen LogP) is 0.488. The molecule has 2 N–H and O–H groups in total. The van der Waals surface area contributed by atoms with Gasteiger partial charge in [-0.2, -0.15) is 6.08 Å². The van der Waals surface area contributed by atoms with Gasteiger partial charge in [0.1, 0.15) is 0 Å². The monoisotopic (exact) mass is 171 g/mol. The maximum atomic E-state index is 5.05. The van der Waals surface area contributed by atoms with Crippen molar-refractivity contribution in [3.63, 3.8) is 0 Å². The number of hydrogen-bond acceptors (Lipinski definition) is 1. The van der Waals surface area contributed by atoms with Crippen molar-refractivity contribution in [1.82, 2.24) is 0 Å². The van der Waals surface area contributed by atoms with Gasteiger partial charge in [-0.05, 0) is 6.54 Å². The van der Waals surface area contributed by atoms with Crippen LogP contribution in [-0.2, 0) is 32.7 Å². The van der Waals surface area contributed by atoms with Crippen LogP contribution in [0.15, 0.2) is 18.2 Å². The van der Waals surface area contributed by atoms with Gasteiger partial charge in [0.05, 0.1) is 0 Å². The third-order valence-electron chi connectivity index (χ3n) is 0.383. The van der Waals surface area contributed by atoms with Crippen molar-refractivity contribution < 1.29 is 32.7 Å². The minimum Gasteiger partial charge on any atom is -0.328 e. The molecule has 0 aromatic carbocycles. The third-order valence-corrected chi connectivity index (χ3v) is 0.383. The Labute approximate surface area is 69.5 Å². The van der Waals surface area contributed by atoms with Crippen molar-refractivity contribution in [3.05, 3.63) is 24.8 Å². The summed E-state index contributed by atoms with van der Waals surface area (Å²) >= 11 is 0. The molecule has 37 valence electrons. The first-order valence-corrected chi connectivity index (χ1v) is 1.82. The Hall–Kier alpha value is 0.544. The average molecular weight is 171 g/mol. The zero-order chi connectivity index (χ0) is 4.83. The van der Waals surface area contributed by atoms with Gasteiger partial charge in [-0.15, -0.1) is 0 Å². The van der Waals surface area contributed by atoms with Crippen molar-refractivity contribution in [2.75, 3.05) is 6.54 Å². The molecule has 0 saturated carbocycles. The van der Waals surface area contributed by atoms with E-state index in [0.717, 1.165) is 0 Å². The molecule has 1 radical (unpaired) electrons. The van der Waals surface area contributed by atoms with E-state index in [1.54, 1.807) is 12.2 Å². The Bertz CT molecular complexity index is 59.1. The third kappa shape index (κ3) is 10.8. The van der Waals surface area contributed by atoms with Gasteiger partial charge in [0.15, 0.2) is 0 Å². The molecule has 0 saturated heterocycles. The number of hydrogen-bond donors (Lipinski definition) is 1. The van der Waals surface area contributed by atoms with E-state index < -0.39 is 0 Å². The van der Waals surface area contributed by atoms with Gasteiger partial charge < -0.3 is 5.73 Å². The summed E-state index contributed by atoms with van der Waals surface area (Å²) in [4.78, 5) is 0. The van der Waals surface area contributed by atoms with Crippen molar-refractivity contribution in [2.45, 2.75) is 0 Å². The maximum absolute atomic E-state index is 5.05. The summed E-state index contributed by atoms with van der Waals surface area (Å²) in [7, 11) is 0. The van der Waals surface area contributed by atoms with Gasteiger partial charge in [-0.3, -0.25) is 6.58 Å². The van der Waals surface area contributed by atoms with Crippen LogP contribution in [0.4, 0.5) is 0 Å². The summed E-state index contributed by atoms with van der Waals surface area (Å²) in [5, 5.41) is 0. The van der Waals surface area contributed by atoms with Gasteiger partial charge in [0.25, 0.3) is 0 Å². The van der Waals surface area contributed by atoms with E-state index in [4.69, 9.17) is 12.3 Å². The van der Waals surface area contributed by atoms with E-state index in [2.05, 4.69) is 0 Å². The van der Waals surface area contributed by atoms with Crippen LogP contribution in [0.1, 0.15) is 0 Å². The number of allylic oxidation sites excluding steroid dienone is 2. The van der Waals surface area contributed by atoms with Gasteiger partial charge in [-0.25, -0.2) is 12.2 Å². The van der Waals surface area contributed by atoms with Crippen LogP contribution >= 0.6 is 0 Å². The first kappa shape index (κ1) is 10.5. The van der Waals surface area contributed by atoms with Gasteiger partial charge in [0.2, 0.25) is 0 Å². The smallest absolute Gasteiger partial charge is 0 e. The molecular formula is C5H8NY-. The number of nitrogens with two attached hydrogens (primary N) is 1. The average Bonchev–Trinajstić information content (AvgIpc) is 1.61. The first-order valence-electron chi connectivity index (χ1n) is 1.82. The summed E-state index contributed by atoms with van der Waals surface area (Å²) in [6.45, 7) is 5.51. The molecule has 0 atom stereocenters. The Balaban J connectivity index is 0. The minimum absolute atomic E-state index is 0. The summed E-state index contributed by atoms with van der Waals surface area (Å²) in [6.07, 6.45) is 4.94. The summed E-state index contributed by atoms with van der Waals surface area (Å²) in [6, 6.07) is 0. The molecule has 0 spiro atoms. The van der Waals surface area contributed by atoms with Crippen LogP contribution in [0.3, 0.4) is 0 Å². The Kier molecular flexibility index (Phi) is 14.6. The molecule has 0 aliphatic rings. The topological polar surface area (TPSA) is 26.0 Å². The fourth-order valence-electron chi connectivity index (χ4n) is 0.157. The minimum atomic E-state index is 0. The second-order valence-corrected chi connectivity index (χ2v) is 0.856. The molecule has 1 nitrogen and oxygen atoms in total. The quantitative estimate of drug-likeness (QED) is 0.474. The fourth-order valence-corrected chi connectivity index (χ4v) is 0.157. The first-order chi connectivity index (χ1) is 2.91. The van der Waals surface area contributed by atoms with E-state index in [1.807, 2.05) is 0 Å². The van der Waals surface area contributed by atoms with Crippen LogP contribution in [0, 0.1) is 6.58 Å². The molecule has 0 bridgehead atoms. The molecule has 0 fully saturated rings. The van der Waals surface area contributed by atoms with Crippen molar-refractivity contribution >= 4 is 0 Å². The molecule has 2 heteroatoms. The molecular weight excluding hydrogens is 163 g/mol. The Morgan fingerprint density at radius 3 is 2.29 bits per heavy atom. The molecule has 0 amide bonds. The molecule has 0 aromatic heterocycles. The summed E-state index contributed by atoms with van der Waals surface area (Å²) in [5.41, 5.74) is 5.05. The maximum Gasteiger partial charge on any atom is 0 e. The zero-order valence-electron chi connectivity index (χ0n) is 4.17. The normalized spacial score (nSPS) is 8.14. The molecule has 0 heterocycles. The van der Waals surface area contributed by atoms with Gasteiger partial charge >= 0.3 is 0 Å². The Morgan fingerprint density at radius 1 is 1.57 bits per heavy atom. The van der Waals surface area contributed by atoms with Crippen LogP contribution in [0.2, 0.25) is 0 Å². The van der Waals surface area contributed by atoms with Gasteiger partial charge in [0, 0.05) is 32.7 Å². The van der Waals surface area contributed by atoms with Crippen LogP contribution in [0.5, 0.6) is 0 Å². The molecule has 0 aromatic rings. The van der Waals surface area contributed by atoms with E-state index in [1.165, 1.54) is 6.08 Å². The summed E-state index contributed by atoms with van der Waals surface area (Å²) < 4.78 is 0. The molecule has 0 unspecified atom stereocenters. The zero-order valence-corrected chi connectivity index (χ0v) is 7.01. The van der Waals surface area contributed by atoms with Gasteiger partial charge in [-0.1, -0.05) is 0 Å². The second-order valence-electron chi connectivity index (χ2n) is 0.856. The van der Waals surface area contributed by atoms with Crippen LogP contribution < -0.4 is 5.73 Å². The van der Waals surface area contributed by atoms with Crippen LogP contribution in [0.25, 0.3) is 0 Å². The van der Waals surface area contributed by atoms with Crippen molar-refractivity contribution in [3.8, 4) is 0 Å². The van der Waals surface area contributed by atoms with E-state index in [-0.39, 0.29) is 32.7 Å². The molecule has 0 aliphatic heterocycles. The van der Waals surface area contributed by atoms with E-state index >= 15 is 0 Å². The van der Waals surface area contributed by atoms with E-state index in [9.17, 15) is 0 Å². The van der Waals surface area contributed by atoms with Crippen molar-refractivity contribution in [1.29, 1.82) is 0 Å². The molecule has 7 heavy (non-hydrogen) atoms. The number of rotatable bonds is 2. The fraction of sp³-hybridized carbons (Fsp3) is 0.200. The largest absolute Gasteiger partial charge is 0.328 e. The molecule has 0 rings (SSSR count). The standard InChI is InChI=1S/C5H8N.Y/c1-2-3-4-5-6;/h1-4H,5-6H2;/q-1;/b4-3+;. The molecule has 0 aliphatic carbocycles. The predicted molar refractivity (Wildman–Crippen MR) is 27.1 cm³/mol. The van der Waals surface area contributed by atoms with Crippen LogP contribution in [-0.4, -0.2) is 6.54 Å². The second kappa shape index (κ2) is 9.74. The Morgan fingerprint density at radius 2 is 2.14 bits per heavy atom.